The third-order valence-corrected chi connectivity index (χ3v) is 5.38. The van der Waals surface area contributed by atoms with Gasteiger partial charge >= 0.3 is 0 Å². The highest BCUT2D eigenvalue weighted by atomic mass is 16.2. The molecule has 1 aliphatic rings. The second-order valence-electron chi connectivity index (χ2n) is 7.42. The standard InChI is InChI=1S/C22H36N4O/c1-4-6-10-18(5-2)15-25-22(23-3)24-14-9-13-21(27)26-16-19-11-7-8-12-20(19)17-26/h7-8,11-12,18H,4-6,9-10,13-17H2,1-3H3,(H2,23,24,25). The molecule has 1 heterocycles. The van der Waals surface area contributed by atoms with Crippen LogP contribution in [0.15, 0.2) is 29.3 Å². The Morgan fingerprint density at radius 1 is 1.15 bits per heavy atom. The van der Waals surface area contributed by atoms with Gasteiger partial charge in [-0.05, 0) is 29.9 Å². The molecule has 1 aliphatic heterocycles. The number of amides is 1. The molecule has 2 N–H and O–H groups in total. The van der Waals surface area contributed by atoms with Gasteiger partial charge in [-0.3, -0.25) is 9.79 Å². The predicted molar refractivity (Wildman–Crippen MR) is 113 cm³/mol. The lowest BCUT2D eigenvalue weighted by Crippen LogP contribution is -2.40. The fourth-order valence-corrected chi connectivity index (χ4v) is 3.52. The molecule has 27 heavy (non-hydrogen) atoms. The van der Waals surface area contributed by atoms with Gasteiger partial charge in [-0.1, -0.05) is 57.4 Å². The number of carbonyl (C=O) groups excluding carboxylic acids is 1. The Labute approximate surface area is 164 Å². The molecule has 1 aromatic carbocycles. The Balaban J connectivity index is 1.63. The number of rotatable bonds is 10. The molecule has 0 aromatic heterocycles. The van der Waals surface area contributed by atoms with Gasteiger partial charge in [0.25, 0.3) is 0 Å². The summed E-state index contributed by atoms with van der Waals surface area (Å²) < 4.78 is 0. The summed E-state index contributed by atoms with van der Waals surface area (Å²) in [5, 5.41) is 6.76. The van der Waals surface area contributed by atoms with Crippen LogP contribution in [-0.2, 0) is 17.9 Å². The lowest BCUT2D eigenvalue weighted by atomic mass is 9.99. The molecular formula is C22H36N4O. The minimum Gasteiger partial charge on any atom is -0.356 e. The molecule has 0 saturated carbocycles. The number of unbranched alkanes of at least 4 members (excludes halogenated alkanes) is 1. The average molecular weight is 373 g/mol. The van der Waals surface area contributed by atoms with E-state index in [0.717, 1.165) is 38.6 Å². The molecular weight excluding hydrogens is 336 g/mol. The summed E-state index contributed by atoms with van der Waals surface area (Å²) in [5.74, 6) is 1.77. The van der Waals surface area contributed by atoms with E-state index in [4.69, 9.17) is 0 Å². The Morgan fingerprint density at radius 2 is 1.85 bits per heavy atom. The van der Waals surface area contributed by atoms with Crippen LogP contribution in [0.25, 0.3) is 0 Å². The number of hydrogen-bond donors (Lipinski definition) is 2. The highest BCUT2D eigenvalue weighted by Gasteiger charge is 2.22. The zero-order chi connectivity index (χ0) is 19.5. The number of benzene rings is 1. The average Bonchev–Trinajstić information content (AvgIpc) is 3.13. The van der Waals surface area contributed by atoms with E-state index < -0.39 is 0 Å². The first-order valence-corrected chi connectivity index (χ1v) is 10.5. The minimum atomic E-state index is 0.238. The zero-order valence-electron chi connectivity index (χ0n) is 17.3. The zero-order valence-corrected chi connectivity index (χ0v) is 17.3. The van der Waals surface area contributed by atoms with Gasteiger partial charge in [-0.25, -0.2) is 0 Å². The summed E-state index contributed by atoms with van der Waals surface area (Å²) in [5.41, 5.74) is 2.56. The van der Waals surface area contributed by atoms with Gasteiger partial charge in [0.15, 0.2) is 5.96 Å². The molecule has 0 saturated heterocycles. The molecule has 5 nitrogen and oxygen atoms in total. The van der Waals surface area contributed by atoms with Gasteiger partial charge in [0.2, 0.25) is 5.91 Å². The van der Waals surface area contributed by atoms with Crippen LogP contribution < -0.4 is 10.6 Å². The molecule has 0 aliphatic carbocycles. The topological polar surface area (TPSA) is 56.7 Å². The first-order valence-electron chi connectivity index (χ1n) is 10.5. The van der Waals surface area contributed by atoms with E-state index in [9.17, 15) is 4.79 Å². The van der Waals surface area contributed by atoms with Crippen molar-refractivity contribution in [1.82, 2.24) is 15.5 Å². The van der Waals surface area contributed by atoms with E-state index in [1.54, 1.807) is 7.05 Å². The number of hydrogen-bond acceptors (Lipinski definition) is 2. The van der Waals surface area contributed by atoms with Gasteiger partial charge in [0.1, 0.15) is 0 Å². The Hall–Kier alpha value is -2.04. The van der Waals surface area contributed by atoms with Crippen molar-refractivity contribution in [3.8, 4) is 0 Å². The number of nitrogens with zero attached hydrogens (tertiary/aromatic N) is 2. The molecule has 1 unspecified atom stereocenters. The summed E-state index contributed by atoms with van der Waals surface area (Å²) >= 11 is 0. The maximum absolute atomic E-state index is 12.4. The number of fused-ring (bicyclic) bond motifs is 1. The van der Waals surface area contributed by atoms with E-state index in [1.165, 1.54) is 36.8 Å². The predicted octanol–water partition coefficient (Wildman–Crippen LogP) is 3.69. The van der Waals surface area contributed by atoms with E-state index in [2.05, 4.69) is 41.6 Å². The number of nitrogens with one attached hydrogen (secondary N) is 2. The first-order chi connectivity index (χ1) is 13.2. The molecule has 0 spiro atoms. The summed E-state index contributed by atoms with van der Waals surface area (Å²) in [7, 11) is 1.80. The van der Waals surface area contributed by atoms with Crippen molar-refractivity contribution in [2.45, 2.75) is 65.5 Å². The van der Waals surface area contributed by atoms with Crippen molar-refractivity contribution in [3.05, 3.63) is 35.4 Å². The minimum absolute atomic E-state index is 0.238. The van der Waals surface area contributed by atoms with E-state index >= 15 is 0 Å². The molecule has 0 bridgehead atoms. The van der Waals surface area contributed by atoms with Crippen LogP contribution in [0.2, 0.25) is 0 Å². The molecule has 1 aromatic rings. The number of carbonyl (C=O) groups is 1. The summed E-state index contributed by atoms with van der Waals surface area (Å²) in [6.45, 7) is 7.71. The van der Waals surface area contributed by atoms with Crippen molar-refractivity contribution in [3.63, 3.8) is 0 Å². The fourth-order valence-electron chi connectivity index (χ4n) is 3.52. The molecule has 1 atom stereocenters. The maximum atomic E-state index is 12.4. The van der Waals surface area contributed by atoms with Crippen LogP contribution in [0.4, 0.5) is 0 Å². The maximum Gasteiger partial charge on any atom is 0.223 e. The van der Waals surface area contributed by atoms with Crippen LogP contribution in [0.3, 0.4) is 0 Å². The molecule has 1 amide bonds. The third kappa shape index (κ3) is 6.89. The Morgan fingerprint density at radius 3 is 2.44 bits per heavy atom. The molecule has 0 fully saturated rings. The Kier molecular flexibility index (Phi) is 9.16. The number of aliphatic imine (C=N–C) groups is 1. The van der Waals surface area contributed by atoms with Crippen molar-refractivity contribution < 1.29 is 4.79 Å². The first kappa shape index (κ1) is 21.3. The second-order valence-corrected chi connectivity index (χ2v) is 7.42. The lowest BCUT2D eigenvalue weighted by molar-refractivity contribution is -0.131. The summed E-state index contributed by atoms with van der Waals surface area (Å²) in [6, 6.07) is 8.31. The highest BCUT2D eigenvalue weighted by molar-refractivity contribution is 5.80. The molecule has 150 valence electrons. The van der Waals surface area contributed by atoms with Crippen molar-refractivity contribution in [2.75, 3.05) is 20.1 Å². The molecule has 5 heteroatoms. The summed E-state index contributed by atoms with van der Waals surface area (Å²) in [4.78, 5) is 18.7. The smallest absolute Gasteiger partial charge is 0.223 e. The van der Waals surface area contributed by atoms with E-state index in [0.29, 0.717) is 12.3 Å². The van der Waals surface area contributed by atoms with Gasteiger partial charge in [-0.15, -0.1) is 0 Å². The van der Waals surface area contributed by atoms with Gasteiger partial charge in [0, 0.05) is 39.6 Å². The van der Waals surface area contributed by atoms with Crippen LogP contribution in [0.5, 0.6) is 0 Å². The quantitative estimate of drug-likeness (QED) is 0.374. The van der Waals surface area contributed by atoms with Gasteiger partial charge < -0.3 is 15.5 Å². The fraction of sp³-hybridized carbons (Fsp3) is 0.636. The van der Waals surface area contributed by atoms with Crippen LogP contribution in [0.1, 0.15) is 63.5 Å². The van der Waals surface area contributed by atoms with Gasteiger partial charge in [0.05, 0.1) is 0 Å². The van der Waals surface area contributed by atoms with Crippen LogP contribution >= 0.6 is 0 Å². The highest BCUT2D eigenvalue weighted by Crippen LogP contribution is 2.22. The molecule has 2 rings (SSSR count). The Bertz CT molecular complexity index is 589. The lowest BCUT2D eigenvalue weighted by Gasteiger charge is -2.18. The van der Waals surface area contributed by atoms with Crippen LogP contribution in [-0.4, -0.2) is 36.9 Å². The van der Waals surface area contributed by atoms with Crippen molar-refractivity contribution >= 4 is 11.9 Å². The SMILES string of the molecule is CCCCC(CC)CNC(=NC)NCCCC(=O)N1Cc2ccccc2C1. The monoisotopic (exact) mass is 372 g/mol. The molecule has 0 radical (unpaired) electrons. The largest absolute Gasteiger partial charge is 0.356 e. The number of guanidine groups is 1. The van der Waals surface area contributed by atoms with Crippen LogP contribution in [0, 0.1) is 5.92 Å². The third-order valence-electron chi connectivity index (χ3n) is 5.38. The van der Waals surface area contributed by atoms with Crippen molar-refractivity contribution in [1.29, 1.82) is 0 Å². The van der Waals surface area contributed by atoms with E-state index in [1.807, 2.05) is 17.0 Å². The van der Waals surface area contributed by atoms with E-state index in [-0.39, 0.29) is 5.91 Å². The van der Waals surface area contributed by atoms with Gasteiger partial charge in [-0.2, -0.15) is 0 Å². The second kappa shape index (κ2) is 11.6. The normalized spacial score (nSPS) is 14.8. The van der Waals surface area contributed by atoms with Crippen molar-refractivity contribution in [2.24, 2.45) is 10.9 Å². The summed E-state index contributed by atoms with van der Waals surface area (Å²) in [6.07, 6.45) is 6.39.